The fourth-order valence-electron chi connectivity index (χ4n) is 0.701. The number of carbonyl (C=O) groups excluding carboxylic acids is 2. The molecule has 0 saturated carbocycles. The van der Waals surface area contributed by atoms with Gasteiger partial charge >= 0.3 is 11.9 Å². The van der Waals surface area contributed by atoms with Crippen molar-refractivity contribution in [2.75, 3.05) is 7.11 Å². The molecule has 0 N–H and O–H groups in total. The summed E-state index contributed by atoms with van der Waals surface area (Å²) in [5.74, 6) is -0.722. The Morgan fingerprint density at radius 1 is 1.11 bits per heavy atom. The Bertz CT molecular complexity index is 218. The minimum atomic E-state index is -0.394. The van der Waals surface area contributed by atoms with Gasteiger partial charge in [-0.3, -0.25) is 4.79 Å². The second-order valence-electron chi connectivity index (χ2n) is 3.21. The maximum absolute atomic E-state index is 9.84. The number of hydrogen-bond donors (Lipinski definition) is 0. The third kappa shape index (κ3) is 36.6. The first-order chi connectivity index (χ1) is 8.49. The molecule has 0 fully saturated rings. The van der Waals surface area contributed by atoms with Crippen molar-refractivity contribution in [3.8, 4) is 0 Å². The topological polar surface area (TPSA) is 52.6 Å². The van der Waals surface area contributed by atoms with E-state index in [-0.39, 0.29) is 5.97 Å². The summed E-state index contributed by atoms with van der Waals surface area (Å²) in [6, 6.07) is 0. The molecule has 0 spiro atoms. The Morgan fingerprint density at radius 2 is 1.56 bits per heavy atom. The Labute approximate surface area is 111 Å². The van der Waals surface area contributed by atoms with Crippen LogP contribution in [0.25, 0.3) is 0 Å². The van der Waals surface area contributed by atoms with Gasteiger partial charge in [0.15, 0.2) is 0 Å². The number of hydrogen-bond acceptors (Lipinski definition) is 4. The standard InChI is InChI=1S/C6H14.2C4H6O2/c1-3-5-6-4-2;1-3-4(5)6-2;1-3-6-4(2)5/h3-6H2,1-2H3;2*3H,1H2,2H3. The van der Waals surface area contributed by atoms with E-state index in [1.165, 1.54) is 39.7 Å². The summed E-state index contributed by atoms with van der Waals surface area (Å²) in [7, 11) is 1.31. The van der Waals surface area contributed by atoms with Gasteiger partial charge in [0.05, 0.1) is 13.4 Å². The van der Waals surface area contributed by atoms with E-state index >= 15 is 0 Å². The molecule has 0 aliphatic heterocycles. The zero-order valence-corrected chi connectivity index (χ0v) is 12.0. The van der Waals surface area contributed by atoms with Crippen molar-refractivity contribution < 1.29 is 19.1 Å². The van der Waals surface area contributed by atoms with E-state index in [4.69, 9.17) is 0 Å². The van der Waals surface area contributed by atoms with Crippen LogP contribution in [0.4, 0.5) is 0 Å². The molecule has 0 heterocycles. The first-order valence-corrected chi connectivity index (χ1v) is 5.98. The van der Waals surface area contributed by atoms with Crippen molar-refractivity contribution in [2.24, 2.45) is 0 Å². The van der Waals surface area contributed by atoms with Crippen LogP contribution >= 0.6 is 0 Å². The monoisotopic (exact) mass is 258 g/mol. The van der Waals surface area contributed by atoms with E-state index in [1.54, 1.807) is 0 Å². The zero-order valence-electron chi connectivity index (χ0n) is 12.0. The molecule has 0 atom stereocenters. The fraction of sp³-hybridized carbons (Fsp3) is 0.571. The lowest BCUT2D eigenvalue weighted by atomic mass is 10.2. The summed E-state index contributed by atoms with van der Waals surface area (Å²) in [5, 5.41) is 0. The number of ether oxygens (including phenoxy) is 2. The second-order valence-corrected chi connectivity index (χ2v) is 3.21. The summed E-state index contributed by atoms with van der Waals surface area (Å²) in [6.45, 7) is 12.1. The lowest BCUT2D eigenvalue weighted by Crippen LogP contribution is -1.91. The first kappa shape index (κ1) is 21.7. The SMILES string of the molecule is C=CC(=O)OC.C=COC(C)=O.CCCCCC. The van der Waals surface area contributed by atoms with Crippen LogP contribution in [0.3, 0.4) is 0 Å². The van der Waals surface area contributed by atoms with Crippen LogP contribution in [0.1, 0.15) is 46.5 Å². The van der Waals surface area contributed by atoms with Crippen LogP contribution in [0, 0.1) is 0 Å². The smallest absolute Gasteiger partial charge is 0.329 e. The van der Waals surface area contributed by atoms with E-state index < -0.39 is 5.97 Å². The molecular formula is C14H26O4. The minimum absolute atomic E-state index is 0.329. The van der Waals surface area contributed by atoms with Crippen LogP contribution in [0.5, 0.6) is 0 Å². The zero-order chi connectivity index (χ0) is 14.8. The van der Waals surface area contributed by atoms with Crippen molar-refractivity contribution in [3.05, 3.63) is 25.5 Å². The molecule has 4 nitrogen and oxygen atoms in total. The Kier molecular flexibility index (Phi) is 25.0. The predicted molar refractivity (Wildman–Crippen MR) is 74.0 cm³/mol. The molecule has 0 radical (unpaired) electrons. The molecule has 0 aliphatic rings. The van der Waals surface area contributed by atoms with Crippen LogP contribution < -0.4 is 0 Å². The summed E-state index contributed by atoms with van der Waals surface area (Å²) in [6.07, 6.45) is 7.75. The highest BCUT2D eigenvalue weighted by atomic mass is 16.5. The molecule has 18 heavy (non-hydrogen) atoms. The molecule has 0 aliphatic carbocycles. The van der Waals surface area contributed by atoms with Crippen LogP contribution in [0.15, 0.2) is 25.5 Å². The molecule has 0 aromatic rings. The second kappa shape index (κ2) is 20.8. The van der Waals surface area contributed by atoms with Gasteiger partial charge in [0, 0.05) is 13.0 Å². The highest BCUT2D eigenvalue weighted by molar-refractivity contribution is 5.80. The third-order valence-electron chi connectivity index (χ3n) is 1.57. The third-order valence-corrected chi connectivity index (χ3v) is 1.57. The number of rotatable bonds is 5. The maximum Gasteiger partial charge on any atom is 0.329 e. The van der Waals surface area contributed by atoms with Crippen molar-refractivity contribution in [2.45, 2.75) is 46.5 Å². The van der Waals surface area contributed by atoms with Gasteiger partial charge < -0.3 is 9.47 Å². The fourth-order valence-corrected chi connectivity index (χ4v) is 0.701. The lowest BCUT2D eigenvalue weighted by Gasteiger charge is -1.86. The normalized spacial score (nSPS) is 7.56. The van der Waals surface area contributed by atoms with Gasteiger partial charge in [0.25, 0.3) is 0 Å². The number of esters is 2. The van der Waals surface area contributed by atoms with E-state index in [0.717, 1.165) is 12.3 Å². The van der Waals surface area contributed by atoms with Gasteiger partial charge in [0.1, 0.15) is 0 Å². The van der Waals surface area contributed by atoms with Crippen molar-refractivity contribution >= 4 is 11.9 Å². The van der Waals surface area contributed by atoms with E-state index in [2.05, 4.69) is 36.5 Å². The van der Waals surface area contributed by atoms with E-state index in [1.807, 2.05) is 0 Å². The Hall–Kier alpha value is -1.58. The quantitative estimate of drug-likeness (QED) is 0.327. The van der Waals surface area contributed by atoms with Gasteiger partial charge in [-0.2, -0.15) is 0 Å². The van der Waals surface area contributed by atoms with Gasteiger partial charge in [-0.15, -0.1) is 0 Å². The van der Waals surface area contributed by atoms with E-state index in [9.17, 15) is 9.59 Å². The molecule has 0 amide bonds. The van der Waals surface area contributed by atoms with Gasteiger partial charge in [0.2, 0.25) is 0 Å². The molecule has 0 saturated heterocycles. The van der Waals surface area contributed by atoms with Crippen molar-refractivity contribution in [1.29, 1.82) is 0 Å². The number of methoxy groups -OCH3 is 1. The summed E-state index contributed by atoms with van der Waals surface area (Å²) >= 11 is 0. The van der Waals surface area contributed by atoms with Crippen LogP contribution in [-0.4, -0.2) is 19.0 Å². The minimum Gasteiger partial charge on any atom is -0.466 e. The predicted octanol–water partition coefficient (Wildman–Crippen LogP) is 3.63. The molecule has 4 heteroatoms. The molecular weight excluding hydrogens is 232 g/mol. The summed E-state index contributed by atoms with van der Waals surface area (Å²) < 4.78 is 8.31. The average Bonchev–Trinajstić information content (AvgIpc) is 2.36. The average molecular weight is 258 g/mol. The number of unbranched alkanes of at least 4 members (excludes halogenated alkanes) is 3. The molecule has 0 bridgehead atoms. The van der Waals surface area contributed by atoms with Gasteiger partial charge in [-0.25, -0.2) is 4.79 Å². The van der Waals surface area contributed by atoms with E-state index in [0.29, 0.717) is 0 Å². The van der Waals surface area contributed by atoms with Crippen LogP contribution in [0.2, 0.25) is 0 Å². The summed E-state index contributed by atoms with van der Waals surface area (Å²) in [4.78, 5) is 19.6. The Morgan fingerprint density at radius 3 is 1.61 bits per heavy atom. The van der Waals surface area contributed by atoms with Crippen molar-refractivity contribution in [1.82, 2.24) is 0 Å². The Balaban J connectivity index is -0.000000187. The molecule has 106 valence electrons. The van der Waals surface area contributed by atoms with Crippen LogP contribution in [-0.2, 0) is 19.1 Å². The first-order valence-electron chi connectivity index (χ1n) is 5.98. The highest BCUT2D eigenvalue weighted by Crippen LogP contribution is 1.95. The lowest BCUT2D eigenvalue weighted by molar-refractivity contribution is -0.136. The largest absolute Gasteiger partial charge is 0.466 e. The molecule has 0 aromatic carbocycles. The van der Waals surface area contributed by atoms with Gasteiger partial charge in [-0.1, -0.05) is 52.7 Å². The summed E-state index contributed by atoms with van der Waals surface area (Å²) in [5.41, 5.74) is 0. The number of carbonyl (C=O) groups is 2. The molecule has 0 unspecified atom stereocenters. The maximum atomic E-state index is 9.84. The molecule has 0 rings (SSSR count). The van der Waals surface area contributed by atoms with Crippen molar-refractivity contribution in [3.63, 3.8) is 0 Å². The van der Waals surface area contributed by atoms with Gasteiger partial charge in [-0.05, 0) is 0 Å². The molecule has 0 aromatic heterocycles. The highest BCUT2D eigenvalue weighted by Gasteiger charge is 1.82.